The van der Waals surface area contributed by atoms with E-state index in [0.717, 1.165) is 17.7 Å². The van der Waals surface area contributed by atoms with Crippen LogP contribution < -0.4 is 4.74 Å². The molecule has 22 heavy (non-hydrogen) atoms. The summed E-state index contributed by atoms with van der Waals surface area (Å²) in [6.07, 6.45) is 3.37. The SMILES string of the molecule is CC[C@H](c1ccccc1)c1c[nH]c2cccc(OC(C)C)c12. The molecule has 2 nitrogen and oxygen atoms in total. The number of fused-ring (bicyclic) bond motifs is 1. The largest absolute Gasteiger partial charge is 0.490 e. The fourth-order valence-corrected chi connectivity index (χ4v) is 3.12. The van der Waals surface area contributed by atoms with Crippen LogP contribution in [0.2, 0.25) is 0 Å². The molecule has 0 aliphatic heterocycles. The molecular weight excluding hydrogens is 270 g/mol. The van der Waals surface area contributed by atoms with Crippen molar-refractivity contribution in [2.75, 3.05) is 0 Å². The molecule has 2 aromatic carbocycles. The van der Waals surface area contributed by atoms with Gasteiger partial charge in [0.25, 0.3) is 0 Å². The molecule has 0 unspecified atom stereocenters. The molecular formula is C20H23NO. The Hall–Kier alpha value is -2.22. The van der Waals surface area contributed by atoms with Crippen LogP contribution in [-0.4, -0.2) is 11.1 Å². The van der Waals surface area contributed by atoms with Crippen molar-refractivity contribution in [3.63, 3.8) is 0 Å². The van der Waals surface area contributed by atoms with Gasteiger partial charge in [0, 0.05) is 23.0 Å². The highest BCUT2D eigenvalue weighted by Gasteiger charge is 2.19. The van der Waals surface area contributed by atoms with Crippen molar-refractivity contribution in [2.24, 2.45) is 0 Å². The maximum absolute atomic E-state index is 6.04. The number of hydrogen-bond acceptors (Lipinski definition) is 1. The molecule has 0 amide bonds. The van der Waals surface area contributed by atoms with Crippen molar-refractivity contribution in [1.82, 2.24) is 4.98 Å². The highest BCUT2D eigenvalue weighted by atomic mass is 16.5. The number of benzene rings is 2. The Labute approximate surface area is 132 Å². The van der Waals surface area contributed by atoms with Gasteiger partial charge in [0.2, 0.25) is 0 Å². The number of aromatic nitrogens is 1. The summed E-state index contributed by atoms with van der Waals surface area (Å²) in [7, 11) is 0. The van der Waals surface area contributed by atoms with Gasteiger partial charge in [-0.1, -0.05) is 43.3 Å². The molecule has 2 heteroatoms. The normalized spacial score (nSPS) is 12.7. The van der Waals surface area contributed by atoms with Crippen LogP contribution in [-0.2, 0) is 0 Å². The van der Waals surface area contributed by atoms with Crippen LogP contribution in [0.5, 0.6) is 5.75 Å². The average Bonchev–Trinajstić information content (AvgIpc) is 2.94. The van der Waals surface area contributed by atoms with Crippen molar-refractivity contribution in [3.8, 4) is 5.75 Å². The van der Waals surface area contributed by atoms with Crippen molar-refractivity contribution in [1.29, 1.82) is 0 Å². The standard InChI is InChI=1S/C20H23NO/c1-4-16(15-9-6-5-7-10-15)17-13-21-18-11-8-12-19(20(17)18)22-14(2)3/h5-14,16,21H,4H2,1-3H3/t16-/m1/s1. The van der Waals surface area contributed by atoms with Crippen molar-refractivity contribution >= 4 is 10.9 Å². The first-order valence-corrected chi connectivity index (χ1v) is 8.02. The third kappa shape index (κ3) is 2.74. The third-order valence-electron chi connectivity index (χ3n) is 4.05. The molecule has 1 heterocycles. The molecule has 3 aromatic rings. The van der Waals surface area contributed by atoms with E-state index >= 15 is 0 Å². The monoisotopic (exact) mass is 293 g/mol. The van der Waals surface area contributed by atoms with E-state index in [1.165, 1.54) is 16.5 Å². The molecule has 0 radical (unpaired) electrons. The average molecular weight is 293 g/mol. The summed E-state index contributed by atoms with van der Waals surface area (Å²) in [5.41, 5.74) is 3.81. The van der Waals surface area contributed by atoms with Gasteiger partial charge in [-0.2, -0.15) is 0 Å². The second kappa shape index (κ2) is 6.27. The highest BCUT2D eigenvalue weighted by Crippen LogP contribution is 2.37. The fourth-order valence-electron chi connectivity index (χ4n) is 3.12. The smallest absolute Gasteiger partial charge is 0.129 e. The minimum absolute atomic E-state index is 0.171. The van der Waals surface area contributed by atoms with Gasteiger partial charge < -0.3 is 9.72 Å². The van der Waals surface area contributed by atoms with E-state index in [2.05, 4.69) is 74.4 Å². The third-order valence-corrected chi connectivity index (χ3v) is 4.05. The Morgan fingerprint density at radius 3 is 2.45 bits per heavy atom. The molecule has 0 aliphatic rings. The molecule has 0 bridgehead atoms. The summed E-state index contributed by atoms with van der Waals surface area (Å²) in [5.74, 6) is 1.35. The van der Waals surface area contributed by atoms with E-state index in [1.54, 1.807) is 0 Å². The van der Waals surface area contributed by atoms with Crippen LogP contribution >= 0.6 is 0 Å². The number of hydrogen-bond donors (Lipinski definition) is 1. The van der Waals surface area contributed by atoms with Gasteiger partial charge in [0.05, 0.1) is 6.10 Å². The van der Waals surface area contributed by atoms with E-state index in [9.17, 15) is 0 Å². The predicted octanol–water partition coefficient (Wildman–Crippen LogP) is 5.50. The molecule has 114 valence electrons. The lowest BCUT2D eigenvalue weighted by Gasteiger charge is -2.17. The molecule has 0 fully saturated rings. The van der Waals surface area contributed by atoms with Crippen molar-refractivity contribution in [2.45, 2.75) is 39.2 Å². The molecule has 0 saturated heterocycles. The maximum Gasteiger partial charge on any atom is 0.129 e. The first-order valence-electron chi connectivity index (χ1n) is 8.02. The summed E-state index contributed by atoms with van der Waals surface area (Å²) >= 11 is 0. The second-order valence-corrected chi connectivity index (χ2v) is 5.96. The first-order chi connectivity index (χ1) is 10.7. The van der Waals surface area contributed by atoms with Gasteiger partial charge in [0.15, 0.2) is 0 Å². The minimum Gasteiger partial charge on any atom is -0.490 e. The van der Waals surface area contributed by atoms with Crippen molar-refractivity contribution in [3.05, 3.63) is 65.9 Å². The van der Waals surface area contributed by atoms with Crippen LogP contribution in [0.3, 0.4) is 0 Å². The lowest BCUT2D eigenvalue weighted by Crippen LogP contribution is -2.06. The Balaban J connectivity index is 2.13. The molecule has 1 N–H and O–H groups in total. The fraction of sp³-hybridized carbons (Fsp3) is 0.300. The maximum atomic E-state index is 6.04. The second-order valence-electron chi connectivity index (χ2n) is 5.96. The lowest BCUT2D eigenvalue weighted by atomic mass is 9.89. The van der Waals surface area contributed by atoms with Crippen molar-refractivity contribution < 1.29 is 4.74 Å². The van der Waals surface area contributed by atoms with E-state index < -0.39 is 0 Å². The Morgan fingerprint density at radius 1 is 1.00 bits per heavy atom. The zero-order valence-corrected chi connectivity index (χ0v) is 13.5. The van der Waals surface area contributed by atoms with Gasteiger partial charge in [-0.05, 0) is 43.5 Å². The number of ether oxygens (including phenoxy) is 1. The first kappa shape index (κ1) is 14.7. The lowest BCUT2D eigenvalue weighted by molar-refractivity contribution is 0.245. The summed E-state index contributed by atoms with van der Waals surface area (Å²) in [4.78, 5) is 3.41. The Morgan fingerprint density at radius 2 is 1.77 bits per heavy atom. The highest BCUT2D eigenvalue weighted by molar-refractivity contribution is 5.90. The molecule has 1 aromatic heterocycles. The van der Waals surface area contributed by atoms with Gasteiger partial charge in [-0.15, -0.1) is 0 Å². The quantitative estimate of drug-likeness (QED) is 0.660. The topological polar surface area (TPSA) is 25.0 Å². The number of aromatic amines is 1. The van der Waals surface area contributed by atoms with Gasteiger partial charge >= 0.3 is 0 Å². The summed E-state index contributed by atoms with van der Waals surface area (Å²) < 4.78 is 6.04. The van der Waals surface area contributed by atoms with Crippen LogP contribution in [0.25, 0.3) is 10.9 Å². The molecule has 0 aliphatic carbocycles. The predicted molar refractivity (Wildman–Crippen MR) is 92.6 cm³/mol. The minimum atomic E-state index is 0.171. The van der Waals surface area contributed by atoms with E-state index in [0.29, 0.717) is 5.92 Å². The zero-order valence-electron chi connectivity index (χ0n) is 13.5. The summed E-state index contributed by atoms with van der Waals surface area (Å²) in [6, 6.07) is 16.9. The molecule has 0 spiro atoms. The van der Waals surface area contributed by atoms with Crippen LogP contribution in [0.1, 0.15) is 44.2 Å². The van der Waals surface area contributed by atoms with E-state index in [1.807, 2.05) is 6.07 Å². The number of nitrogens with one attached hydrogen (secondary N) is 1. The van der Waals surface area contributed by atoms with Crippen LogP contribution in [0.15, 0.2) is 54.7 Å². The Bertz CT molecular complexity index is 743. The Kier molecular flexibility index (Phi) is 4.19. The van der Waals surface area contributed by atoms with E-state index in [-0.39, 0.29) is 6.10 Å². The summed E-state index contributed by atoms with van der Waals surface area (Å²) in [6.45, 7) is 6.38. The van der Waals surface area contributed by atoms with E-state index in [4.69, 9.17) is 4.74 Å². The molecule has 1 atom stereocenters. The zero-order chi connectivity index (χ0) is 15.5. The van der Waals surface area contributed by atoms with Gasteiger partial charge in [-0.25, -0.2) is 0 Å². The van der Waals surface area contributed by atoms with Gasteiger partial charge in [-0.3, -0.25) is 0 Å². The van der Waals surface area contributed by atoms with Crippen LogP contribution in [0.4, 0.5) is 0 Å². The number of rotatable bonds is 5. The summed E-state index contributed by atoms with van der Waals surface area (Å²) in [5, 5.41) is 1.21. The van der Waals surface area contributed by atoms with Crippen LogP contribution in [0, 0.1) is 0 Å². The molecule has 0 saturated carbocycles. The molecule has 3 rings (SSSR count). The van der Waals surface area contributed by atoms with Gasteiger partial charge in [0.1, 0.15) is 5.75 Å². The number of H-pyrrole nitrogens is 1.